The van der Waals surface area contributed by atoms with Crippen molar-refractivity contribution in [3.8, 4) is 5.69 Å². The lowest BCUT2D eigenvalue weighted by atomic mass is 10.1. The smallest absolute Gasteiger partial charge is 0.246 e. The van der Waals surface area contributed by atoms with Gasteiger partial charge in [0, 0.05) is 45.0 Å². The standard InChI is InChI=1S/C23H26F2N6O.H2/c1-2-16-7-19(12-20(8-16)29-3-5-30(6-4-29)22-13-32-14-22)27-23-26-15-31(28-23)21-10-17(24)9-18(25)11-21;/h7-12,15,22H,2-6,13-14H2,1H3,(H,27,28);1H. The van der Waals surface area contributed by atoms with E-state index in [4.69, 9.17) is 4.74 Å². The number of ether oxygens (including phenoxy) is 1. The maximum atomic E-state index is 13.5. The summed E-state index contributed by atoms with van der Waals surface area (Å²) in [6.45, 7) is 7.83. The molecular formula is C23H28F2N6O. The van der Waals surface area contributed by atoms with E-state index < -0.39 is 11.6 Å². The van der Waals surface area contributed by atoms with Gasteiger partial charge >= 0.3 is 0 Å². The number of hydrogen-bond acceptors (Lipinski definition) is 6. The van der Waals surface area contributed by atoms with Crippen LogP contribution >= 0.6 is 0 Å². The largest absolute Gasteiger partial charge is 0.378 e. The van der Waals surface area contributed by atoms with Crippen LogP contribution in [0.1, 0.15) is 13.9 Å². The van der Waals surface area contributed by atoms with Gasteiger partial charge in [0.25, 0.3) is 0 Å². The Morgan fingerprint density at radius 2 is 1.75 bits per heavy atom. The minimum absolute atomic E-state index is 0. The molecule has 3 heterocycles. The third-order valence-corrected chi connectivity index (χ3v) is 6.06. The van der Waals surface area contributed by atoms with E-state index in [0.29, 0.717) is 12.0 Å². The summed E-state index contributed by atoms with van der Waals surface area (Å²) >= 11 is 0. The molecule has 0 unspecified atom stereocenters. The summed E-state index contributed by atoms with van der Waals surface area (Å²) in [7, 11) is 0. The van der Waals surface area contributed by atoms with Gasteiger partial charge in [-0.1, -0.05) is 6.92 Å². The van der Waals surface area contributed by atoms with Crippen LogP contribution in [0.15, 0.2) is 42.7 Å². The molecule has 170 valence electrons. The number of aromatic nitrogens is 3. The second-order valence-electron chi connectivity index (χ2n) is 8.22. The molecule has 1 aromatic heterocycles. The lowest BCUT2D eigenvalue weighted by Gasteiger charge is -2.43. The molecule has 2 aromatic carbocycles. The summed E-state index contributed by atoms with van der Waals surface area (Å²) in [4.78, 5) is 9.17. The Balaban J connectivity index is 0.00000259. The lowest BCUT2D eigenvalue weighted by molar-refractivity contribution is -0.0660. The first kappa shape index (κ1) is 20.8. The number of hydrogen-bond donors (Lipinski definition) is 1. The number of piperazine rings is 1. The van der Waals surface area contributed by atoms with E-state index in [1.807, 2.05) is 0 Å². The fourth-order valence-corrected chi connectivity index (χ4v) is 4.16. The zero-order chi connectivity index (χ0) is 22.1. The van der Waals surface area contributed by atoms with Crippen molar-refractivity contribution in [1.29, 1.82) is 0 Å². The second kappa shape index (κ2) is 8.84. The quantitative estimate of drug-likeness (QED) is 0.629. The molecule has 2 aliphatic rings. The third-order valence-electron chi connectivity index (χ3n) is 6.06. The van der Waals surface area contributed by atoms with Crippen molar-refractivity contribution in [3.05, 3.63) is 59.9 Å². The maximum absolute atomic E-state index is 13.5. The van der Waals surface area contributed by atoms with E-state index in [-0.39, 0.29) is 7.11 Å². The third kappa shape index (κ3) is 4.44. The van der Waals surface area contributed by atoms with Crippen molar-refractivity contribution in [3.63, 3.8) is 0 Å². The van der Waals surface area contributed by atoms with Crippen LogP contribution in [0, 0.1) is 11.6 Å². The summed E-state index contributed by atoms with van der Waals surface area (Å²) in [5.74, 6) is -0.950. The monoisotopic (exact) mass is 442 g/mol. The normalized spacial score (nSPS) is 17.4. The Morgan fingerprint density at radius 1 is 1.00 bits per heavy atom. The highest BCUT2D eigenvalue weighted by Crippen LogP contribution is 2.26. The molecule has 2 fully saturated rings. The average molecular weight is 443 g/mol. The number of rotatable bonds is 6. The highest BCUT2D eigenvalue weighted by atomic mass is 19.1. The van der Waals surface area contributed by atoms with Gasteiger partial charge in [-0.05, 0) is 42.3 Å². The van der Waals surface area contributed by atoms with Crippen LogP contribution in [0.5, 0.6) is 0 Å². The lowest BCUT2D eigenvalue weighted by Crippen LogP contribution is -2.56. The van der Waals surface area contributed by atoms with Crippen LogP contribution in [-0.4, -0.2) is 65.1 Å². The molecule has 9 heteroatoms. The number of halogens is 2. The van der Waals surface area contributed by atoms with Gasteiger partial charge in [0.1, 0.15) is 18.0 Å². The molecule has 2 aliphatic heterocycles. The summed E-state index contributed by atoms with van der Waals surface area (Å²) in [5, 5.41) is 7.57. The Hall–Kier alpha value is -3.04. The molecule has 1 N–H and O–H groups in total. The van der Waals surface area contributed by atoms with Crippen LogP contribution < -0.4 is 10.2 Å². The predicted octanol–water partition coefficient (Wildman–Crippen LogP) is 3.62. The van der Waals surface area contributed by atoms with E-state index in [0.717, 1.165) is 57.6 Å². The summed E-state index contributed by atoms with van der Waals surface area (Å²) in [6, 6.07) is 10.2. The first-order valence-corrected chi connectivity index (χ1v) is 10.9. The summed E-state index contributed by atoms with van der Waals surface area (Å²) < 4.78 is 33.7. The highest BCUT2D eigenvalue weighted by molar-refractivity contribution is 5.64. The summed E-state index contributed by atoms with van der Waals surface area (Å²) in [6.07, 6.45) is 2.34. The van der Waals surface area contributed by atoms with Crippen LogP contribution in [0.25, 0.3) is 5.69 Å². The number of nitrogens with zero attached hydrogens (tertiary/aromatic N) is 5. The fourth-order valence-electron chi connectivity index (χ4n) is 4.16. The minimum atomic E-state index is -0.657. The van der Waals surface area contributed by atoms with Gasteiger partial charge in [0.15, 0.2) is 0 Å². The SMILES string of the molecule is CCc1cc(Nc2ncn(-c3cc(F)cc(F)c3)n2)cc(N2CCN(C3COC3)CC2)c1.[HH]. The first-order valence-electron chi connectivity index (χ1n) is 10.9. The average Bonchev–Trinajstić information content (AvgIpc) is 3.20. The highest BCUT2D eigenvalue weighted by Gasteiger charge is 2.29. The topological polar surface area (TPSA) is 58.5 Å². The van der Waals surface area contributed by atoms with Crippen LogP contribution in [0.4, 0.5) is 26.1 Å². The van der Waals surface area contributed by atoms with Crippen molar-refractivity contribution in [2.75, 3.05) is 49.6 Å². The van der Waals surface area contributed by atoms with Crippen molar-refractivity contribution in [1.82, 2.24) is 19.7 Å². The molecule has 2 saturated heterocycles. The molecule has 5 rings (SSSR count). The van der Waals surface area contributed by atoms with Gasteiger partial charge in [-0.15, -0.1) is 5.10 Å². The Labute approximate surface area is 187 Å². The zero-order valence-corrected chi connectivity index (χ0v) is 18.0. The van der Waals surface area contributed by atoms with Gasteiger partial charge < -0.3 is 15.0 Å². The van der Waals surface area contributed by atoms with Gasteiger partial charge in [-0.25, -0.2) is 13.5 Å². The molecule has 32 heavy (non-hydrogen) atoms. The van der Waals surface area contributed by atoms with E-state index in [2.05, 4.69) is 50.3 Å². The maximum Gasteiger partial charge on any atom is 0.246 e. The number of aryl methyl sites for hydroxylation is 1. The van der Waals surface area contributed by atoms with E-state index in [1.165, 1.54) is 34.4 Å². The Morgan fingerprint density at radius 3 is 2.41 bits per heavy atom. The van der Waals surface area contributed by atoms with Gasteiger partial charge in [-0.2, -0.15) is 4.98 Å². The van der Waals surface area contributed by atoms with Crippen molar-refractivity contribution in [2.45, 2.75) is 19.4 Å². The predicted molar refractivity (Wildman–Crippen MR) is 121 cm³/mol. The van der Waals surface area contributed by atoms with Crippen molar-refractivity contribution in [2.24, 2.45) is 0 Å². The van der Waals surface area contributed by atoms with Gasteiger partial charge in [-0.3, -0.25) is 4.90 Å². The van der Waals surface area contributed by atoms with Gasteiger partial charge in [0.2, 0.25) is 5.95 Å². The molecule has 0 bridgehead atoms. The number of benzene rings is 2. The van der Waals surface area contributed by atoms with E-state index in [9.17, 15) is 8.78 Å². The second-order valence-corrected chi connectivity index (χ2v) is 8.22. The first-order chi connectivity index (χ1) is 15.6. The van der Waals surface area contributed by atoms with E-state index in [1.54, 1.807) is 0 Å². The van der Waals surface area contributed by atoms with Crippen LogP contribution in [-0.2, 0) is 11.2 Å². The molecular weight excluding hydrogens is 414 g/mol. The Bertz CT molecular complexity index is 1080. The van der Waals surface area contributed by atoms with Crippen LogP contribution in [0.3, 0.4) is 0 Å². The molecule has 7 nitrogen and oxygen atoms in total. The molecule has 0 saturated carbocycles. The number of nitrogens with one attached hydrogen (secondary N) is 1. The molecule has 0 atom stereocenters. The van der Waals surface area contributed by atoms with Crippen LogP contribution in [0.2, 0.25) is 0 Å². The van der Waals surface area contributed by atoms with E-state index >= 15 is 0 Å². The minimum Gasteiger partial charge on any atom is -0.378 e. The molecule has 0 spiro atoms. The zero-order valence-electron chi connectivity index (χ0n) is 18.0. The van der Waals surface area contributed by atoms with Gasteiger partial charge in [0.05, 0.1) is 24.9 Å². The molecule has 3 aromatic rings. The molecule has 0 aliphatic carbocycles. The molecule has 0 amide bonds. The number of anilines is 3. The summed E-state index contributed by atoms with van der Waals surface area (Å²) in [5.41, 5.74) is 3.55. The van der Waals surface area contributed by atoms with Crippen molar-refractivity contribution < 1.29 is 14.9 Å². The Kier molecular flexibility index (Phi) is 5.75. The van der Waals surface area contributed by atoms with Crippen molar-refractivity contribution >= 4 is 17.3 Å². The fraction of sp³-hybridized carbons (Fsp3) is 0.391. The molecule has 0 radical (unpaired) electrons.